The topological polar surface area (TPSA) is 44.4 Å². The van der Waals surface area contributed by atoms with Gasteiger partial charge in [-0.2, -0.15) is 0 Å². The van der Waals surface area contributed by atoms with Crippen molar-refractivity contribution in [3.8, 4) is 11.8 Å². The van der Waals surface area contributed by atoms with Crippen molar-refractivity contribution in [1.82, 2.24) is 15.5 Å². The van der Waals surface area contributed by atoms with E-state index in [1.807, 2.05) is 12.2 Å². The van der Waals surface area contributed by atoms with Crippen molar-refractivity contribution in [2.45, 2.75) is 25.8 Å². The number of hydrogen-bond acceptors (Lipinski definition) is 3. The number of rotatable bonds is 6. The van der Waals surface area contributed by atoms with Crippen LogP contribution in [0.2, 0.25) is 0 Å². The van der Waals surface area contributed by atoms with Crippen LogP contribution in [-0.2, 0) is 4.79 Å². The standard InChI is InChI=1S/C25H31N3O/c1-20(23-13-9-11-21-10-5-6-12-24(21)23)26-16-7-3-4-8-17-27-25(29)22-14-18-28(2)19-15-22/h3,5-7,9-13,20,22,26H,14-19H2,1-2H3,(H,27,29)/b7-3+/t20-/m1/s1. The monoisotopic (exact) mass is 389 g/mol. The first-order valence-corrected chi connectivity index (χ1v) is 10.5. The van der Waals surface area contributed by atoms with Crippen molar-refractivity contribution in [3.05, 3.63) is 60.2 Å². The molecule has 1 heterocycles. The van der Waals surface area contributed by atoms with Crippen LogP contribution < -0.4 is 10.6 Å². The van der Waals surface area contributed by atoms with Gasteiger partial charge >= 0.3 is 0 Å². The molecule has 2 N–H and O–H groups in total. The zero-order valence-corrected chi connectivity index (χ0v) is 17.4. The molecule has 152 valence electrons. The zero-order valence-electron chi connectivity index (χ0n) is 17.4. The molecule has 29 heavy (non-hydrogen) atoms. The van der Waals surface area contributed by atoms with Gasteiger partial charge in [0, 0.05) is 18.5 Å². The summed E-state index contributed by atoms with van der Waals surface area (Å²) in [4.78, 5) is 14.4. The number of nitrogens with zero attached hydrogens (tertiary/aromatic N) is 1. The highest BCUT2D eigenvalue weighted by atomic mass is 16.1. The first kappa shape index (κ1) is 21.1. The van der Waals surface area contributed by atoms with E-state index in [2.05, 4.69) is 83.8 Å². The normalized spacial score (nSPS) is 16.5. The minimum atomic E-state index is 0.141. The molecule has 0 aromatic heterocycles. The van der Waals surface area contributed by atoms with Crippen LogP contribution in [0.5, 0.6) is 0 Å². The largest absolute Gasteiger partial charge is 0.345 e. The number of likely N-dealkylation sites (tertiary alicyclic amines) is 1. The van der Waals surface area contributed by atoms with Crippen LogP contribution in [0.25, 0.3) is 10.8 Å². The van der Waals surface area contributed by atoms with E-state index in [1.54, 1.807) is 0 Å². The summed E-state index contributed by atoms with van der Waals surface area (Å²) in [6.07, 6.45) is 5.75. The lowest BCUT2D eigenvalue weighted by Crippen LogP contribution is -2.39. The van der Waals surface area contributed by atoms with Crippen molar-refractivity contribution in [2.24, 2.45) is 5.92 Å². The molecule has 1 atom stereocenters. The van der Waals surface area contributed by atoms with E-state index >= 15 is 0 Å². The summed E-state index contributed by atoms with van der Waals surface area (Å²) >= 11 is 0. The SMILES string of the molecule is C[C@@H](NC/C=C/C#CCNC(=O)C1CCN(C)CC1)c1cccc2ccccc12. The van der Waals surface area contributed by atoms with Gasteiger partial charge < -0.3 is 15.5 Å². The molecule has 2 aromatic carbocycles. The number of carbonyl (C=O) groups excluding carboxylic acids is 1. The van der Waals surface area contributed by atoms with Gasteiger partial charge in [0.1, 0.15) is 0 Å². The van der Waals surface area contributed by atoms with Crippen LogP contribution in [-0.4, -0.2) is 44.0 Å². The second-order valence-corrected chi connectivity index (χ2v) is 7.72. The fourth-order valence-electron chi connectivity index (χ4n) is 3.76. The second kappa shape index (κ2) is 10.8. The van der Waals surface area contributed by atoms with Gasteiger partial charge in [-0.1, -0.05) is 60.4 Å². The Kier molecular flexibility index (Phi) is 7.86. The van der Waals surface area contributed by atoms with Crippen LogP contribution >= 0.6 is 0 Å². The van der Waals surface area contributed by atoms with Crippen LogP contribution in [0.15, 0.2) is 54.6 Å². The molecule has 0 unspecified atom stereocenters. The fourth-order valence-corrected chi connectivity index (χ4v) is 3.76. The first-order chi connectivity index (χ1) is 14.1. The van der Waals surface area contributed by atoms with Gasteiger partial charge in [-0.15, -0.1) is 0 Å². The summed E-state index contributed by atoms with van der Waals surface area (Å²) in [6, 6.07) is 15.2. The van der Waals surface area contributed by atoms with E-state index in [-0.39, 0.29) is 17.9 Å². The number of carbonyl (C=O) groups is 1. The number of allylic oxidation sites excluding steroid dienone is 1. The molecule has 0 saturated carbocycles. The van der Waals surface area contributed by atoms with Crippen LogP contribution in [0.4, 0.5) is 0 Å². The Morgan fingerprint density at radius 1 is 1.21 bits per heavy atom. The summed E-state index contributed by atoms with van der Waals surface area (Å²) in [7, 11) is 2.10. The molecule has 1 fully saturated rings. The average Bonchev–Trinajstić information content (AvgIpc) is 2.75. The molecule has 4 heteroatoms. The summed E-state index contributed by atoms with van der Waals surface area (Å²) in [5, 5.41) is 9.01. The highest BCUT2D eigenvalue weighted by Gasteiger charge is 2.22. The van der Waals surface area contributed by atoms with Crippen molar-refractivity contribution in [3.63, 3.8) is 0 Å². The third kappa shape index (κ3) is 6.19. The smallest absolute Gasteiger partial charge is 0.223 e. The Morgan fingerprint density at radius 3 is 2.79 bits per heavy atom. The number of fused-ring (bicyclic) bond motifs is 1. The highest BCUT2D eigenvalue weighted by molar-refractivity contribution is 5.86. The van der Waals surface area contributed by atoms with Gasteiger partial charge in [0.2, 0.25) is 5.91 Å². The maximum absolute atomic E-state index is 12.1. The number of hydrogen-bond donors (Lipinski definition) is 2. The van der Waals surface area contributed by atoms with Gasteiger partial charge in [-0.25, -0.2) is 0 Å². The maximum atomic E-state index is 12.1. The number of benzene rings is 2. The van der Waals surface area contributed by atoms with Gasteiger partial charge in [0.15, 0.2) is 0 Å². The van der Waals surface area contributed by atoms with E-state index in [9.17, 15) is 4.79 Å². The molecule has 0 spiro atoms. The molecular formula is C25H31N3O. The fraction of sp³-hybridized carbons (Fsp3) is 0.400. The number of nitrogens with one attached hydrogen (secondary N) is 2. The lowest BCUT2D eigenvalue weighted by molar-refractivity contribution is -0.126. The van der Waals surface area contributed by atoms with E-state index in [1.165, 1.54) is 16.3 Å². The quantitative estimate of drug-likeness (QED) is 0.743. The molecule has 1 aliphatic heterocycles. The van der Waals surface area contributed by atoms with Crippen molar-refractivity contribution >= 4 is 16.7 Å². The molecule has 0 bridgehead atoms. The van der Waals surface area contributed by atoms with Gasteiger partial charge in [-0.05, 0) is 62.3 Å². The zero-order chi connectivity index (χ0) is 20.5. The summed E-state index contributed by atoms with van der Waals surface area (Å²) in [5.41, 5.74) is 1.30. The van der Waals surface area contributed by atoms with E-state index in [0.29, 0.717) is 6.54 Å². The minimum Gasteiger partial charge on any atom is -0.345 e. The Bertz CT molecular complexity index is 896. The summed E-state index contributed by atoms with van der Waals surface area (Å²) < 4.78 is 0. The molecule has 0 aliphatic carbocycles. The van der Waals surface area contributed by atoms with Gasteiger partial charge in [0.25, 0.3) is 0 Å². The van der Waals surface area contributed by atoms with E-state index in [4.69, 9.17) is 0 Å². The first-order valence-electron chi connectivity index (χ1n) is 10.5. The highest BCUT2D eigenvalue weighted by Crippen LogP contribution is 2.23. The van der Waals surface area contributed by atoms with Crippen LogP contribution in [0.3, 0.4) is 0 Å². The average molecular weight is 390 g/mol. The third-order valence-corrected chi connectivity index (χ3v) is 5.58. The van der Waals surface area contributed by atoms with E-state index in [0.717, 1.165) is 32.5 Å². The van der Waals surface area contributed by atoms with Crippen molar-refractivity contribution < 1.29 is 4.79 Å². The Hall–Kier alpha value is -2.61. The maximum Gasteiger partial charge on any atom is 0.223 e. The van der Waals surface area contributed by atoms with Gasteiger partial charge in [0.05, 0.1) is 6.54 Å². The Morgan fingerprint density at radius 2 is 1.97 bits per heavy atom. The van der Waals surface area contributed by atoms with Crippen LogP contribution in [0.1, 0.15) is 31.4 Å². The van der Waals surface area contributed by atoms with Gasteiger partial charge in [-0.3, -0.25) is 4.79 Å². The summed E-state index contributed by atoms with van der Waals surface area (Å²) in [5.74, 6) is 6.28. The lowest BCUT2D eigenvalue weighted by Gasteiger charge is -2.27. The minimum absolute atomic E-state index is 0.141. The molecule has 1 saturated heterocycles. The number of amides is 1. The van der Waals surface area contributed by atoms with Crippen LogP contribution in [0, 0.1) is 17.8 Å². The van der Waals surface area contributed by atoms with Crippen molar-refractivity contribution in [2.75, 3.05) is 33.2 Å². The second-order valence-electron chi connectivity index (χ2n) is 7.72. The molecule has 2 aromatic rings. The number of piperidine rings is 1. The predicted octanol–water partition coefficient (Wildman–Crippen LogP) is 3.51. The molecule has 4 nitrogen and oxygen atoms in total. The Labute approximate surface area is 174 Å². The molecule has 3 rings (SSSR count). The lowest BCUT2D eigenvalue weighted by atomic mass is 9.96. The predicted molar refractivity (Wildman–Crippen MR) is 121 cm³/mol. The van der Waals surface area contributed by atoms with Crippen molar-refractivity contribution in [1.29, 1.82) is 0 Å². The molecule has 0 radical (unpaired) electrons. The molecular weight excluding hydrogens is 358 g/mol. The molecule has 1 amide bonds. The molecule has 1 aliphatic rings. The van der Waals surface area contributed by atoms with E-state index < -0.39 is 0 Å². The Balaban J connectivity index is 1.38. The summed E-state index contributed by atoms with van der Waals surface area (Å²) in [6.45, 7) is 5.34. The third-order valence-electron chi connectivity index (χ3n) is 5.58.